The Kier molecular flexibility index (Phi) is 4.15. The lowest BCUT2D eigenvalue weighted by atomic mass is 9.92. The minimum atomic E-state index is -0.330. The number of H-pyrrole nitrogens is 1. The molecule has 3 aromatic carbocycles. The van der Waals surface area contributed by atoms with Crippen molar-refractivity contribution in [2.75, 3.05) is 28.4 Å². The molecule has 0 saturated heterocycles. The van der Waals surface area contributed by atoms with Gasteiger partial charge in [0.25, 0.3) is 11.8 Å². The number of aromatic amines is 1. The lowest BCUT2D eigenvalue weighted by Gasteiger charge is -2.12. The quantitative estimate of drug-likeness (QED) is 0.504. The molecule has 0 aliphatic carbocycles. The number of amides is 2. The van der Waals surface area contributed by atoms with Crippen LogP contribution in [-0.2, 0) is 0 Å². The average molecular weight is 416 g/mol. The van der Waals surface area contributed by atoms with Crippen LogP contribution in [-0.4, -0.2) is 50.1 Å². The lowest BCUT2D eigenvalue weighted by Crippen LogP contribution is -2.24. The van der Waals surface area contributed by atoms with Gasteiger partial charge in [0, 0.05) is 28.9 Å². The number of nitrogens with one attached hydrogen (secondary N) is 1. The Labute approximate surface area is 178 Å². The zero-order valence-electron chi connectivity index (χ0n) is 17.5. The minimum absolute atomic E-state index is 0.323. The van der Waals surface area contributed by atoms with E-state index in [0.29, 0.717) is 33.9 Å². The number of aromatic nitrogens is 1. The molecule has 1 aliphatic heterocycles. The van der Waals surface area contributed by atoms with Crippen molar-refractivity contribution in [3.63, 3.8) is 0 Å². The summed E-state index contributed by atoms with van der Waals surface area (Å²) in [5.41, 5.74) is 3.82. The Hall–Kier alpha value is -4.00. The van der Waals surface area contributed by atoms with E-state index < -0.39 is 0 Å². The van der Waals surface area contributed by atoms with Crippen LogP contribution in [0.1, 0.15) is 20.7 Å². The van der Waals surface area contributed by atoms with Crippen LogP contribution in [0.15, 0.2) is 42.5 Å². The van der Waals surface area contributed by atoms with Crippen molar-refractivity contribution < 1.29 is 23.8 Å². The zero-order valence-corrected chi connectivity index (χ0v) is 17.5. The molecule has 4 aromatic rings. The number of ether oxygens (including phenoxy) is 3. The smallest absolute Gasteiger partial charge is 0.262 e. The van der Waals surface area contributed by atoms with Gasteiger partial charge in [-0.15, -0.1) is 0 Å². The summed E-state index contributed by atoms with van der Waals surface area (Å²) in [5.74, 6) is 1.15. The number of methoxy groups -OCH3 is 3. The Morgan fingerprint density at radius 1 is 0.774 bits per heavy atom. The van der Waals surface area contributed by atoms with Crippen molar-refractivity contribution in [1.82, 2.24) is 9.88 Å². The number of hydrogen-bond acceptors (Lipinski definition) is 5. The van der Waals surface area contributed by atoms with Gasteiger partial charge in [-0.05, 0) is 47.5 Å². The monoisotopic (exact) mass is 416 g/mol. The molecule has 0 atom stereocenters. The highest BCUT2D eigenvalue weighted by Crippen LogP contribution is 2.42. The van der Waals surface area contributed by atoms with E-state index in [2.05, 4.69) is 4.98 Å². The lowest BCUT2D eigenvalue weighted by molar-refractivity contribution is 0.0694. The second-order valence-electron chi connectivity index (χ2n) is 7.37. The molecule has 31 heavy (non-hydrogen) atoms. The summed E-state index contributed by atoms with van der Waals surface area (Å²) >= 11 is 0. The Bertz CT molecular complexity index is 1400. The van der Waals surface area contributed by atoms with Crippen molar-refractivity contribution in [3.05, 3.63) is 53.6 Å². The van der Waals surface area contributed by atoms with E-state index in [-0.39, 0.29) is 11.8 Å². The molecule has 7 heteroatoms. The molecule has 1 aliphatic rings. The molecular formula is C24H20N2O5. The number of benzene rings is 3. The summed E-state index contributed by atoms with van der Waals surface area (Å²) < 4.78 is 16.1. The van der Waals surface area contributed by atoms with Gasteiger partial charge < -0.3 is 19.2 Å². The van der Waals surface area contributed by atoms with Crippen LogP contribution < -0.4 is 14.2 Å². The third-order valence-electron chi connectivity index (χ3n) is 5.82. The van der Waals surface area contributed by atoms with Crippen molar-refractivity contribution in [1.29, 1.82) is 0 Å². The Morgan fingerprint density at radius 3 is 2.23 bits per heavy atom. The van der Waals surface area contributed by atoms with Gasteiger partial charge in [-0.1, -0.05) is 6.07 Å². The first-order valence-corrected chi connectivity index (χ1v) is 9.69. The summed E-state index contributed by atoms with van der Waals surface area (Å²) in [5, 5.41) is 1.55. The third kappa shape index (κ3) is 2.59. The molecule has 2 heterocycles. The van der Waals surface area contributed by atoms with Gasteiger partial charge in [0.15, 0.2) is 11.5 Å². The number of rotatable bonds is 4. The molecule has 0 fully saturated rings. The summed E-state index contributed by atoms with van der Waals surface area (Å²) in [7, 11) is 6.22. The second-order valence-corrected chi connectivity index (χ2v) is 7.37. The molecule has 0 bridgehead atoms. The average Bonchev–Trinajstić information content (AvgIpc) is 3.27. The fourth-order valence-corrected chi connectivity index (χ4v) is 4.27. The minimum Gasteiger partial charge on any atom is -0.497 e. The van der Waals surface area contributed by atoms with E-state index in [1.54, 1.807) is 27.4 Å². The zero-order chi connectivity index (χ0) is 21.9. The predicted octanol–water partition coefficient (Wildman–Crippen LogP) is 4.24. The molecular weight excluding hydrogens is 396 g/mol. The van der Waals surface area contributed by atoms with Gasteiger partial charge in [0.05, 0.1) is 32.5 Å². The van der Waals surface area contributed by atoms with Crippen LogP contribution in [0.4, 0.5) is 0 Å². The number of imide groups is 1. The molecule has 0 unspecified atom stereocenters. The van der Waals surface area contributed by atoms with Gasteiger partial charge in [-0.2, -0.15) is 0 Å². The van der Waals surface area contributed by atoms with Gasteiger partial charge in [0.1, 0.15) is 5.75 Å². The molecule has 1 aromatic heterocycles. The first-order chi connectivity index (χ1) is 15.0. The molecule has 5 rings (SSSR count). The van der Waals surface area contributed by atoms with Crippen LogP contribution in [0.25, 0.3) is 32.9 Å². The first-order valence-electron chi connectivity index (χ1n) is 9.69. The van der Waals surface area contributed by atoms with Gasteiger partial charge in [-0.25, -0.2) is 0 Å². The Balaban J connectivity index is 1.89. The topological polar surface area (TPSA) is 80.9 Å². The number of carbonyl (C=O) groups is 2. The van der Waals surface area contributed by atoms with E-state index in [1.807, 2.05) is 36.4 Å². The normalized spacial score (nSPS) is 13.2. The van der Waals surface area contributed by atoms with E-state index >= 15 is 0 Å². The SMILES string of the molecule is COc1ccc2[nH]c3cc(-c4ccc(OC)c(OC)c4)c4c(c3c2c1)C(=O)N(C)C4=O. The van der Waals surface area contributed by atoms with E-state index in [4.69, 9.17) is 14.2 Å². The van der Waals surface area contributed by atoms with Crippen LogP contribution in [0.5, 0.6) is 17.2 Å². The second kappa shape index (κ2) is 6.77. The van der Waals surface area contributed by atoms with E-state index in [1.165, 1.54) is 7.05 Å². The number of fused-ring (bicyclic) bond motifs is 5. The number of carbonyl (C=O) groups excluding carboxylic acids is 2. The van der Waals surface area contributed by atoms with Crippen molar-refractivity contribution in [3.8, 4) is 28.4 Å². The van der Waals surface area contributed by atoms with Crippen molar-refractivity contribution in [2.45, 2.75) is 0 Å². The molecule has 2 amide bonds. The molecule has 156 valence electrons. The van der Waals surface area contributed by atoms with Crippen LogP contribution in [0, 0.1) is 0 Å². The van der Waals surface area contributed by atoms with Gasteiger partial charge >= 0.3 is 0 Å². The van der Waals surface area contributed by atoms with Crippen LogP contribution >= 0.6 is 0 Å². The summed E-state index contributed by atoms with van der Waals surface area (Å²) in [6.45, 7) is 0. The summed E-state index contributed by atoms with van der Waals surface area (Å²) in [6.07, 6.45) is 0. The van der Waals surface area contributed by atoms with E-state index in [9.17, 15) is 9.59 Å². The molecule has 0 radical (unpaired) electrons. The summed E-state index contributed by atoms with van der Waals surface area (Å²) in [4.78, 5) is 30.8. The van der Waals surface area contributed by atoms with Crippen LogP contribution in [0.2, 0.25) is 0 Å². The van der Waals surface area contributed by atoms with Gasteiger partial charge in [0.2, 0.25) is 0 Å². The molecule has 0 spiro atoms. The van der Waals surface area contributed by atoms with E-state index in [0.717, 1.165) is 32.3 Å². The number of nitrogens with zero attached hydrogens (tertiary/aromatic N) is 1. The summed E-state index contributed by atoms with van der Waals surface area (Å²) in [6, 6.07) is 13.0. The van der Waals surface area contributed by atoms with Crippen LogP contribution in [0.3, 0.4) is 0 Å². The maximum absolute atomic E-state index is 13.1. The van der Waals surface area contributed by atoms with Crippen molar-refractivity contribution in [2.24, 2.45) is 0 Å². The first kappa shape index (κ1) is 19.0. The molecule has 0 saturated carbocycles. The molecule has 7 nitrogen and oxygen atoms in total. The Morgan fingerprint density at radius 2 is 1.52 bits per heavy atom. The maximum atomic E-state index is 13.1. The maximum Gasteiger partial charge on any atom is 0.262 e. The fraction of sp³-hybridized carbons (Fsp3) is 0.167. The standard InChI is InChI=1S/C24H20N2O5/c1-26-23(27)21-14(12-5-8-18(30-3)19(9-12)31-4)11-17-20(22(21)24(26)28)15-10-13(29-2)6-7-16(15)25-17/h5-11,25H,1-4H3. The highest BCUT2D eigenvalue weighted by Gasteiger charge is 2.38. The highest BCUT2D eigenvalue weighted by molar-refractivity contribution is 6.32. The fourth-order valence-electron chi connectivity index (χ4n) is 4.27. The van der Waals surface area contributed by atoms with Gasteiger partial charge in [-0.3, -0.25) is 14.5 Å². The molecule has 1 N–H and O–H groups in total. The highest BCUT2D eigenvalue weighted by atomic mass is 16.5. The third-order valence-corrected chi connectivity index (χ3v) is 5.82. The number of hydrogen-bond donors (Lipinski definition) is 1. The predicted molar refractivity (Wildman–Crippen MR) is 117 cm³/mol. The van der Waals surface area contributed by atoms with Crippen molar-refractivity contribution >= 4 is 33.6 Å². The largest absolute Gasteiger partial charge is 0.497 e.